The second-order valence-electron chi connectivity index (χ2n) is 7.71. The van der Waals surface area contributed by atoms with Gasteiger partial charge in [-0.3, -0.25) is 9.58 Å². The van der Waals surface area contributed by atoms with Gasteiger partial charge in [0.1, 0.15) is 0 Å². The third kappa shape index (κ3) is 5.00. The first-order valence-electron chi connectivity index (χ1n) is 10.1. The second kappa shape index (κ2) is 8.73. The Kier molecular flexibility index (Phi) is 6.27. The zero-order valence-electron chi connectivity index (χ0n) is 16.6. The molecule has 3 heterocycles. The van der Waals surface area contributed by atoms with Crippen LogP contribution in [0.1, 0.15) is 35.9 Å². The summed E-state index contributed by atoms with van der Waals surface area (Å²) < 4.78 is 35.7. The van der Waals surface area contributed by atoms with Crippen molar-refractivity contribution in [3.05, 3.63) is 51.8 Å². The Morgan fingerprint density at radius 2 is 2.10 bits per heavy atom. The minimum Gasteiger partial charge on any atom is -0.376 e. The number of aromatic nitrogens is 2. The molecular formula is C20H27ClN4O3S. The lowest BCUT2D eigenvalue weighted by Crippen LogP contribution is -2.37. The molecule has 0 amide bonds. The van der Waals surface area contributed by atoms with Gasteiger partial charge in [0.25, 0.3) is 0 Å². The second-order valence-corrected chi connectivity index (χ2v) is 9.90. The molecule has 1 saturated heterocycles. The van der Waals surface area contributed by atoms with Crippen molar-refractivity contribution < 1.29 is 13.2 Å². The van der Waals surface area contributed by atoms with Gasteiger partial charge in [0.15, 0.2) is 0 Å². The number of nitrogens with zero attached hydrogens (tertiary/aromatic N) is 3. The molecule has 1 unspecified atom stereocenters. The van der Waals surface area contributed by atoms with Gasteiger partial charge in [-0.2, -0.15) is 5.10 Å². The average molecular weight is 439 g/mol. The SMILES string of the molecule is CCn1nc(CN2CCC(NS(=O)(=O)Cc3ccc(Cl)cc3)C2)c2c1CCOC2. The van der Waals surface area contributed by atoms with E-state index in [1.165, 1.54) is 11.3 Å². The molecule has 2 aliphatic rings. The highest BCUT2D eigenvalue weighted by atomic mass is 35.5. The highest BCUT2D eigenvalue weighted by molar-refractivity contribution is 7.88. The Hall–Kier alpha value is -1.45. The molecule has 0 bridgehead atoms. The number of ether oxygens (including phenoxy) is 1. The lowest BCUT2D eigenvalue weighted by molar-refractivity contribution is 0.108. The van der Waals surface area contributed by atoms with Gasteiger partial charge in [-0.25, -0.2) is 13.1 Å². The van der Waals surface area contributed by atoms with E-state index >= 15 is 0 Å². The fourth-order valence-corrected chi connectivity index (χ4v) is 5.69. The summed E-state index contributed by atoms with van der Waals surface area (Å²) in [7, 11) is -3.40. The first-order valence-corrected chi connectivity index (χ1v) is 12.1. The molecule has 0 aliphatic carbocycles. The summed E-state index contributed by atoms with van der Waals surface area (Å²) in [5, 5.41) is 5.38. The molecule has 158 valence electrons. The maximum atomic E-state index is 12.5. The molecule has 2 aromatic rings. The van der Waals surface area contributed by atoms with Gasteiger partial charge < -0.3 is 4.74 Å². The van der Waals surface area contributed by atoms with Crippen molar-refractivity contribution in [2.75, 3.05) is 19.7 Å². The Balaban J connectivity index is 1.36. The highest BCUT2D eigenvalue weighted by Crippen LogP contribution is 2.24. The fraction of sp³-hybridized carbons (Fsp3) is 0.550. The van der Waals surface area contributed by atoms with Crippen LogP contribution in [0, 0.1) is 0 Å². The van der Waals surface area contributed by atoms with Crippen LogP contribution in [0.3, 0.4) is 0 Å². The van der Waals surface area contributed by atoms with Crippen molar-refractivity contribution in [2.24, 2.45) is 0 Å². The van der Waals surface area contributed by atoms with Crippen LogP contribution in [0.2, 0.25) is 5.02 Å². The zero-order valence-corrected chi connectivity index (χ0v) is 18.2. The van der Waals surface area contributed by atoms with Crippen LogP contribution in [0.4, 0.5) is 0 Å². The van der Waals surface area contributed by atoms with Crippen LogP contribution in [-0.4, -0.2) is 48.8 Å². The van der Waals surface area contributed by atoms with E-state index in [2.05, 4.69) is 21.2 Å². The summed E-state index contributed by atoms with van der Waals surface area (Å²) in [4.78, 5) is 2.27. The molecule has 1 N–H and O–H groups in total. The van der Waals surface area contributed by atoms with Crippen molar-refractivity contribution in [3.63, 3.8) is 0 Å². The van der Waals surface area contributed by atoms with Gasteiger partial charge in [-0.15, -0.1) is 0 Å². The van der Waals surface area contributed by atoms with Crippen molar-refractivity contribution in [1.29, 1.82) is 0 Å². The predicted molar refractivity (Wildman–Crippen MR) is 112 cm³/mol. The van der Waals surface area contributed by atoms with Crippen LogP contribution < -0.4 is 4.72 Å². The summed E-state index contributed by atoms with van der Waals surface area (Å²) in [5.41, 5.74) is 4.29. The van der Waals surface area contributed by atoms with E-state index in [1.807, 2.05) is 0 Å². The van der Waals surface area contributed by atoms with E-state index in [-0.39, 0.29) is 11.8 Å². The molecule has 1 fully saturated rings. The van der Waals surface area contributed by atoms with Gasteiger partial charge in [0.2, 0.25) is 10.0 Å². The van der Waals surface area contributed by atoms with Crippen LogP contribution in [0.25, 0.3) is 0 Å². The molecule has 1 aromatic heterocycles. The van der Waals surface area contributed by atoms with Gasteiger partial charge in [-0.1, -0.05) is 23.7 Å². The quantitative estimate of drug-likeness (QED) is 0.717. The Labute approximate surface area is 177 Å². The summed E-state index contributed by atoms with van der Waals surface area (Å²) in [6.07, 6.45) is 1.70. The predicted octanol–water partition coefficient (Wildman–Crippen LogP) is 2.32. The van der Waals surface area contributed by atoms with Gasteiger partial charge >= 0.3 is 0 Å². The van der Waals surface area contributed by atoms with Gasteiger partial charge in [-0.05, 0) is 31.0 Å². The van der Waals surface area contributed by atoms with E-state index in [0.29, 0.717) is 18.2 Å². The summed E-state index contributed by atoms with van der Waals surface area (Å²) in [6.45, 7) is 6.60. The molecule has 2 aliphatic heterocycles. The highest BCUT2D eigenvalue weighted by Gasteiger charge is 2.29. The largest absolute Gasteiger partial charge is 0.376 e. The van der Waals surface area contributed by atoms with E-state index in [9.17, 15) is 8.42 Å². The topological polar surface area (TPSA) is 76.5 Å². The number of hydrogen-bond acceptors (Lipinski definition) is 5. The first kappa shape index (κ1) is 20.8. The minimum atomic E-state index is -3.40. The van der Waals surface area contributed by atoms with E-state index in [0.717, 1.165) is 50.3 Å². The normalized spacial score (nSPS) is 20.1. The molecule has 4 rings (SSSR count). The maximum Gasteiger partial charge on any atom is 0.216 e. The Bertz CT molecular complexity index is 959. The number of halogens is 1. The third-order valence-corrected chi connectivity index (χ3v) is 7.20. The third-order valence-electron chi connectivity index (χ3n) is 5.54. The van der Waals surface area contributed by atoms with Crippen molar-refractivity contribution in [1.82, 2.24) is 19.4 Å². The monoisotopic (exact) mass is 438 g/mol. The first-order chi connectivity index (χ1) is 13.9. The van der Waals surface area contributed by atoms with Crippen LogP contribution in [-0.2, 0) is 46.6 Å². The number of sulfonamides is 1. The Morgan fingerprint density at radius 3 is 2.86 bits per heavy atom. The molecule has 0 radical (unpaired) electrons. The Morgan fingerprint density at radius 1 is 1.31 bits per heavy atom. The van der Waals surface area contributed by atoms with Crippen LogP contribution >= 0.6 is 11.6 Å². The number of fused-ring (bicyclic) bond motifs is 1. The van der Waals surface area contributed by atoms with Crippen molar-refractivity contribution in [2.45, 2.75) is 51.3 Å². The number of nitrogens with one attached hydrogen (secondary N) is 1. The number of likely N-dealkylation sites (tertiary alicyclic amines) is 1. The number of rotatable bonds is 7. The summed E-state index contributed by atoms with van der Waals surface area (Å²) >= 11 is 5.87. The minimum absolute atomic E-state index is 0.0353. The molecule has 0 saturated carbocycles. The standard InChI is InChI=1S/C20H27ClN4O3S/c1-2-25-20-8-10-28-13-18(20)19(22-25)12-24-9-7-17(11-24)23-29(26,27)14-15-3-5-16(21)6-4-15/h3-6,17,23H,2,7-14H2,1H3. The molecule has 1 atom stereocenters. The van der Waals surface area contributed by atoms with E-state index < -0.39 is 10.0 Å². The lowest BCUT2D eigenvalue weighted by Gasteiger charge is -2.18. The van der Waals surface area contributed by atoms with Crippen LogP contribution in [0.5, 0.6) is 0 Å². The van der Waals surface area contributed by atoms with Crippen molar-refractivity contribution in [3.8, 4) is 0 Å². The van der Waals surface area contributed by atoms with Crippen LogP contribution in [0.15, 0.2) is 24.3 Å². The zero-order chi connectivity index (χ0) is 20.4. The molecule has 29 heavy (non-hydrogen) atoms. The summed E-state index contributed by atoms with van der Waals surface area (Å²) in [5.74, 6) is -0.0353. The number of hydrogen-bond donors (Lipinski definition) is 1. The maximum absolute atomic E-state index is 12.5. The molecule has 1 aromatic carbocycles. The average Bonchev–Trinajstić information content (AvgIpc) is 3.27. The van der Waals surface area contributed by atoms with Gasteiger partial charge in [0.05, 0.1) is 24.7 Å². The van der Waals surface area contributed by atoms with E-state index in [1.54, 1.807) is 24.3 Å². The molecular weight excluding hydrogens is 412 g/mol. The smallest absolute Gasteiger partial charge is 0.216 e. The summed E-state index contributed by atoms with van der Waals surface area (Å²) in [6, 6.07) is 6.84. The molecule has 0 spiro atoms. The fourth-order valence-electron chi connectivity index (χ4n) is 4.15. The number of aryl methyl sites for hydroxylation is 1. The number of benzene rings is 1. The lowest BCUT2D eigenvalue weighted by atomic mass is 10.1. The molecule has 7 nitrogen and oxygen atoms in total. The van der Waals surface area contributed by atoms with Crippen molar-refractivity contribution >= 4 is 21.6 Å². The van der Waals surface area contributed by atoms with E-state index in [4.69, 9.17) is 21.4 Å². The molecule has 9 heteroatoms. The van der Waals surface area contributed by atoms with Gasteiger partial charge in [0, 0.05) is 54.9 Å².